The number of ether oxygens (including phenoxy) is 2. The lowest BCUT2D eigenvalue weighted by Crippen LogP contribution is -2.41. The van der Waals surface area contributed by atoms with E-state index in [1.807, 2.05) is 72.4 Å². The van der Waals surface area contributed by atoms with Gasteiger partial charge in [0.1, 0.15) is 22.6 Å². The summed E-state index contributed by atoms with van der Waals surface area (Å²) in [4.78, 5) is 27.4. The van der Waals surface area contributed by atoms with Gasteiger partial charge in [-0.25, -0.2) is 4.79 Å². The molecule has 8 nitrogen and oxygen atoms in total. The van der Waals surface area contributed by atoms with Crippen LogP contribution in [-0.4, -0.2) is 48.2 Å². The number of pyridine rings is 1. The van der Waals surface area contributed by atoms with Crippen LogP contribution in [0.15, 0.2) is 65.7 Å². The molecule has 0 radical (unpaired) electrons. The van der Waals surface area contributed by atoms with Crippen molar-refractivity contribution in [2.75, 3.05) is 18.8 Å². The third-order valence-electron chi connectivity index (χ3n) is 9.12. The van der Waals surface area contributed by atoms with Crippen LogP contribution in [0, 0.1) is 5.92 Å². The molecule has 2 unspecified atom stereocenters. The first-order chi connectivity index (χ1) is 22.5. The Morgan fingerprint density at radius 2 is 1.79 bits per heavy atom. The minimum Gasteiger partial charge on any atom is -0.457 e. The number of rotatable bonds is 8. The molecule has 4 aromatic rings. The van der Waals surface area contributed by atoms with Gasteiger partial charge in [0.15, 0.2) is 0 Å². The van der Waals surface area contributed by atoms with Gasteiger partial charge in [-0.2, -0.15) is 0 Å². The fourth-order valence-electron chi connectivity index (χ4n) is 6.61. The Balaban J connectivity index is 1.19. The molecule has 4 heterocycles. The molecule has 1 amide bonds. The predicted molar refractivity (Wildman–Crippen MR) is 200 cm³/mol. The molecule has 0 spiro atoms. The number of carbonyl (C=O) groups excluding carboxylic acids is 1. The summed E-state index contributed by atoms with van der Waals surface area (Å²) in [5.41, 5.74) is 4.18. The zero-order valence-corrected chi connectivity index (χ0v) is 31.2. The Kier molecular flexibility index (Phi) is 10.4. The summed E-state index contributed by atoms with van der Waals surface area (Å²) in [6.45, 7) is 7.19. The molecule has 2 aromatic carbocycles. The monoisotopic (exact) mass is 787 g/mol. The van der Waals surface area contributed by atoms with Gasteiger partial charge < -0.3 is 18.9 Å². The van der Waals surface area contributed by atoms with Gasteiger partial charge in [0.2, 0.25) is 0 Å². The molecule has 2 atom stereocenters. The third-order valence-corrected chi connectivity index (χ3v) is 12.7. The van der Waals surface area contributed by atoms with Crippen molar-refractivity contribution >= 4 is 58.1 Å². The fourth-order valence-corrected chi connectivity index (χ4v) is 9.56. The maximum absolute atomic E-state index is 13.2. The molecular weight excluding hydrogens is 745 g/mol. The van der Waals surface area contributed by atoms with Crippen molar-refractivity contribution in [2.24, 2.45) is 13.0 Å². The summed E-state index contributed by atoms with van der Waals surface area (Å²) in [7, 11) is 2.34. The highest BCUT2D eigenvalue weighted by Gasteiger charge is 2.28. The van der Waals surface area contributed by atoms with Crippen molar-refractivity contribution in [3.05, 3.63) is 82.4 Å². The number of hydrogen-bond donors (Lipinski definition) is 0. The maximum atomic E-state index is 13.2. The van der Waals surface area contributed by atoms with Gasteiger partial charge in [0.25, 0.3) is 5.56 Å². The molecule has 2 aliphatic rings. The molecule has 0 aliphatic carbocycles. The van der Waals surface area contributed by atoms with Gasteiger partial charge >= 0.3 is 6.09 Å². The van der Waals surface area contributed by atoms with Gasteiger partial charge in [-0.1, -0.05) is 18.2 Å². The smallest absolute Gasteiger partial charge is 0.410 e. The highest BCUT2D eigenvalue weighted by Crippen LogP contribution is 2.42. The molecule has 6 rings (SSSR count). The molecule has 2 aliphatic heterocycles. The molecule has 0 bridgehead atoms. The van der Waals surface area contributed by atoms with Gasteiger partial charge in [-0.05, 0) is 107 Å². The Morgan fingerprint density at radius 1 is 1.04 bits per heavy atom. The van der Waals surface area contributed by atoms with Crippen molar-refractivity contribution in [1.82, 2.24) is 13.4 Å². The van der Waals surface area contributed by atoms with Gasteiger partial charge in [-0.15, -0.1) is 0 Å². The normalized spacial score (nSPS) is 19.0. The first-order valence-corrected chi connectivity index (χ1v) is 21.0. The van der Waals surface area contributed by atoms with Crippen molar-refractivity contribution in [2.45, 2.75) is 70.1 Å². The van der Waals surface area contributed by atoms with Crippen LogP contribution in [0.5, 0.6) is 11.5 Å². The Labute approximate surface area is 295 Å². The van der Waals surface area contributed by atoms with Crippen LogP contribution in [0.3, 0.4) is 0 Å². The van der Waals surface area contributed by atoms with Crippen LogP contribution in [0.25, 0.3) is 22.0 Å². The Morgan fingerprint density at radius 3 is 2.45 bits per heavy atom. The first kappa shape index (κ1) is 34.1. The first-order valence-electron chi connectivity index (χ1n) is 16.3. The molecule has 250 valence electrons. The summed E-state index contributed by atoms with van der Waals surface area (Å²) in [5.74, 6) is 2.74. The Bertz CT molecular complexity index is 1840. The maximum Gasteiger partial charge on any atom is 0.410 e. The molecule has 2 saturated heterocycles. The number of nitrogens with zero attached hydrogens (tertiary/aromatic N) is 3. The number of carbonyl (C=O) groups is 1. The second kappa shape index (κ2) is 14.4. The topological polar surface area (TPSA) is 82.8 Å². The van der Waals surface area contributed by atoms with E-state index in [0.29, 0.717) is 17.2 Å². The van der Waals surface area contributed by atoms with E-state index >= 15 is 0 Å². The summed E-state index contributed by atoms with van der Waals surface area (Å²) < 4.78 is 28.4. The van der Waals surface area contributed by atoms with Gasteiger partial charge in [0, 0.05) is 95.9 Å². The summed E-state index contributed by atoms with van der Waals surface area (Å²) >= 11 is 2.19. The zero-order valence-electron chi connectivity index (χ0n) is 27.4. The van der Waals surface area contributed by atoms with E-state index < -0.39 is 16.4 Å². The van der Waals surface area contributed by atoms with Crippen LogP contribution in [0.4, 0.5) is 4.79 Å². The van der Waals surface area contributed by atoms with Crippen LogP contribution in [0.2, 0.25) is 0 Å². The Hall–Kier alpha value is -2.77. The summed E-state index contributed by atoms with van der Waals surface area (Å²) in [6, 6.07) is 16.4. The molecule has 0 saturated carbocycles. The number of fused-ring (bicyclic) bond motifs is 1. The van der Waals surface area contributed by atoms with E-state index in [9.17, 15) is 13.8 Å². The van der Waals surface area contributed by atoms with Crippen LogP contribution < -0.4 is 10.3 Å². The minimum atomic E-state index is -0.896. The highest BCUT2D eigenvalue weighted by atomic mass is 127. The van der Waals surface area contributed by atoms with Crippen molar-refractivity contribution < 1.29 is 18.5 Å². The summed E-state index contributed by atoms with van der Waals surface area (Å²) in [6.07, 6.45) is 9.49. The lowest BCUT2D eigenvalue weighted by atomic mass is 9.90. The highest BCUT2D eigenvalue weighted by molar-refractivity contribution is 14.2. The number of halogens is 1. The number of aromatic nitrogens is 2. The molecule has 11 heteroatoms. The lowest BCUT2D eigenvalue weighted by Gasteiger charge is -2.33. The number of likely N-dealkylation sites (tertiary alicyclic amines) is 1. The van der Waals surface area contributed by atoms with Crippen LogP contribution in [-0.2, 0) is 29.0 Å². The quantitative estimate of drug-likeness (QED) is 0.166. The van der Waals surface area contributed by atoms with Gasteiger partial charge in [-0.3, -0.25) is 13.0 Å². The number of amides is 1. The predicted octanol–water partition coefficient (Wildman–Crippen LogP) is 8.81. The second-order valence-electron chi connectivity index (χ2n) is 13.6. The fraction of sp³-hybridized carbons (Fsp3) is 0.444. The average molecular weight is 788 g/mol. The molecule has 47 heavy (non-hydrogen) atoms. The van der Waals surface area contributed by atoms with E-state index in [0.717, 1.165) is 85.2 Å². The molecule has 0 N–H and O–H groups in total. The van der Waals surface area contributed by atoms with E-state index in [1.54, 1.807) is 11.6 Å². The number of piperidine rings is 1. The largest absolute Gasteiger partial charge is 0.457 e. The van der Waals surface area contributed by atoms with Gasteiger partial charge in [0.05, 0.1) is 5.25 Å². The van der Waals surface area contributed by atoms with E-state index in [2.05, 4.69) is 39.4 Å². The molecule has 2 aromatic heterocycles. The minimum absolute atomic E-state index is 0.00385. The van der Waals surface area contributed by atoms with Crippen molar-refractivity contribution in [1.29, 1.82) is 0 Å². The number of benzene rings is 2. The van der Waals surface area contributed by atoms with Crippen LogP contribution >= 0.6 is 30.3 Å². The van der Waals surface area contributed by atoms with Crippen molar-refractivity contribution in [3.8, 4) is 22.6 Å². The van der Waals surface area contributed by atoms with E-state index in [1.165, 1.54) is 14.7 Å². The van der Waals surface area contributed by atoms with Crippen LogP contribution in [0.1, 0.15) is 69.3 Å². The molecular formula is C36H42IN3O5S2. The van der Waals surface area contributed by atoms with Crippen molar-refractivity contribution in [3.63, 3.8) is 0 Å². The number of hydrogen-bond acceptors (Lipinski definition) is 6. The SMILES string of the molecule is Cn1cc(-c2cc(C3CCCS3=O)ccc2Oc2ccc(CCC3CCN(C(=O)OC(C)(C)C)CC3)cc2)c2ccn(SI)c2c1=O. The summed E-state index contributed by atoms with van der Waals surface area (Å²) in [5, 5.41) is 0.864. The molecule has 2 fully saturated rings. The lowest BCUT2D eigenvalue weighted by molar-refractivity contribution is 0.0181. The zero-order chi connectivity index (χ0) is 33.3. The average Bonchev–Trinajstić information content (AvgIpc) is 3.68. The second-order valence-corrected chi connectivity index (χ2v) is 17.1. The van der Waals surface area contributed by atoms with E-state index in [4.69, 9.17) is 9.47 Å². The number of aryl methyl sites for hydroxylation is 2. The van der Waals surface area contributed by atoms with E-state index in [-0.39, 0.29) is 16.9 Å². The third kappa shape index (κ3) is 7.77. The standard InChI is InChI=1S/C36H42IN3O5S2/c1-36(2,3)45-35(42)39-18-15-25(16-19-39)8-7-24-9-12-27(13-10-24)44-31-14-11-26(32-6-5-21-47(32)43)22-29(31)30-23-38(4)34(41)33-28(30)17-20-40(33)46-37/h9-14,17,20,22-23,25,32H,5-8,15-16,18-19,21H2,1-4H3.